The van der Waals surface area contributed by atoms with Crippen LogP contribution in [0.15, 0.2) is 29.2 Å². The molecule has 0 bridgehead atoms. The molecule has 0 atom stereocenters. The Labute approximate surface area is 94.6 Å². The van der Waals surface area contributed by atoms with Gasteiger partial charge in [0, 0.05) is 5.02 Å². The van der Waals surface area contributed by atoms with Gasteiger partial charge >= 0.3 is 0 Å². The van der Waals surface area contributed by atoms with Crippen molar-refractivity contribution in [3.8, 4) is 0 Å². The molecule has 3 nitrogen and oxygen atoms in total. The standard InChI is InChI=1S/C10H13ClO3S/c1-10(2,12)7-15(13,14)9-5-3-4-8(11)6-9/h3-6,12H,7H2,1-2H3. The van der Waals surface area contributed by atoms with Gasteiger partial charge in [-0.2, -0.15) is 0 Å². The summed E-state index contributed by atoms with van der Waals surface area (Å²) in [4.78, 5) is 0.136. The topological polar surface area (TPSA) is 54.4 Å². The van der Waals surface area contributed by atoms with E-state index in [9.17, 15) is 13.5 Å². The largest absolute Gasteiger partial charge is 0.389 e. The van der Waals surface area contributed by atoms with Crippen LogP contribution in [0.1, 0.15) is 13.8 Å². The lowest BCUT2D eigenvalue weighted by Gasteiger charge is -2.16. The van der Waals surface area contributed by atoms with Gasteiger partial charge in [-0.1, -0.05) is 17.7 Å². The summed E-state index contributed by atoms with van der Waals surface area (Å²) in [6.45, 7) is 2.91. The summed E-state index contributed by atoms with van der Waals surface area (Å²) in [5.74, 6) is -0.319. The molecule has 1 aromatic rings. The summed E-state index contributed by atoms with van der Waals surface area (Å²) in [5, 5.41) is 9.84. The van der Waals surface area contributed by atoms with E-state index >= 15 is 0 Å². The van der Waals surface area contributed by atoms with Crippen LogP contribution in [0.2, 0.25) is 5.02 Å². The van der Waals surface area contributed by atoms with Crippen LogP contribution < -0.4 is 0 Å². The molecule has 5 heteroatoms. The lowest BCUT2D eigenvalue weighted by atomic mass is 10.2. The lowest BCUT2D eigenvalue weighted by Crippen LogP contribution is -2.30. The third-order valence-corrected chi connectivity index (χ3v) is 3.99. The van der Waals surface area contributed by atoms with Crippen molar-refractivity contribution in [3.05, 3.63) is 29.3 Å². The number of benzene rings is 1. The van der Waals surface area contributed by atoms with E-state index in [1.165, 1.54) is 26.0 Å². The number of halogens is 1. The van der Waals surface area contributed by atoms with E-state index in [2.05, 4.69) is 0 Å². The molecule has 0 fully saturated rings. The maximum atomic E-state index is 11.8. The van der Waals surface area contributed by atoms with Crippen molar-refractivity contribution < 1.29 is 13.5 Å². The van der Waals surface area contributed by atoms with Crippen molar-refractivity contribution in [1.29, 1.82) is 0 Å². The first kappa shape index (κ1) is 12.5. The van der Waals surface area contributed by atoms with E-state index in [1.54, 1.807) is 12.1 Å². The van der Waals surface area contributed by atoms with Gasteiger partial charge in [0.2, 0.25) is 0 Å². The molecular weight excluding hydrogens is 236 g/mol. The smallest absolute Gasteiger partial charge is 0.181 e. The van der Waals surface area contributed by atoms with Crippen LogP contribution in [0.25, 0.3) is 0 Å². The molecule has 0 aliphatic rings. The van der Waals surface area contributed by atoms with Crippen LogP contribution in [0.3, 0.4) is 0 Å². The van der Waals surface area contributed by atoms with Crippen LogP contribution in [0.5, 0.6) is 0 Å². The molecule has 0 saturated carbocycles. The SMILES string of the molecule is CC(C)(O)CS(=O)(=O)c1cccc(Cl)c1. The molecule has 0 radical (unpaired) electrons. The van der Waals surface area contributed by atoms with Gasteiger partial charge in [-0.25, -0.2) is 8.42 Å². The van der Waals surface area contributed by atoms with Gasteiger partial charge in [-0.05, 0) is 32.0 Å². The molecule has 0 unspecified atom stereocenters. The molecule has 0 amide bonds. The van der Waals surface area contributed by atoms with Crippen molar-refractivity contribution in [2.24, 2.45) is 0 Å². The molecule has 0 spiro atoms. The van der Waals surface area contributed by atoms with Gasteiger partial charge < -0.3 is 5.11 Å². The third kappa shape index (κ3) is 3.81. The molecule has 0 saturated heterocycles. The first-order valence-corrected chi connectivity index (χ1v) is 6.44. The highest BCUT2D eigenvalue weighted by atomic mass is 35.5. The average Bonchev–Trinajstić information content (AvgIpc) is 1.99. The fourth-order valence-corrected chi connectivity index (χ4v) is 3.15. The zero-order valence-corrected chi connectivity index (χ0v) is 10.1. The van der Waals surface area contributed by atoms with E-state index in [0.29, 0.717) is 5.02 Å². The molecule has 0 aliphatic carbocycles. The average molecular weight is 249 g/mol. The fraction of sp³-hybridized carbons (Fsp3) is 0.400. The first-order valence-electron chi connectivity index (χ1n) is 4.41. The Morgan fingerprint density at radius 3 is 2.47 bits per heavy atom. The summed E-state index contributed by atoms with van der Waals surface area (Å²) in [6.07, 6.45) is 0. The summed E-state index contributed by atoms with van der Waals surface area (Å²) in [5.41, 5.74) is -1.25. The fourth-order valence-electron chi connectivity index (χ4n) is 1.21. The third-order valence-electron chi connectivity index (χ3n) is 1.70. The molecule has 0 aromatic heterocycles. The van der Waals surface area contributed by atoms with Crippen LogP contribution in [-0.4, -0.2) is 24.9 Å². The Morgan fingerprint density at radius 1 is 1.40 bits per heavy atom. The maximum absolute atomic E-state index is 11.8. The molecule has 84 valence electrons. The van der Waals surface area contributed by atoms with Gasteiger partial charge in [0.1, 0.15) is 0 Å². The van der Waals surface area contributed by atoms with Gasteiger partial charge in [-0.3, -0.25) is 0 Å². The van der Waals surface area contributed by atoms with E-state index in [4.69, 9.17) is 11.6 Å². The summed E-state index contributed by atoms with van der Waals surface area (Å²) < 4.78 is 23.6. The van der Waals surface area contributed by atoms with Crippen molar-refractivity contribution in [1.82, 2.24) is 0 Å². The number of sulfone groups is 1. The van der Waals surface area contributed by atoms with Gasteiger partial charge in [-0.15, -0.1) is 0 Å². The second-order valence-electron chi connectivity index (χ2n) is 4.03. The Morgan fingerprint density at radius 2 is 2.00 bits per heavy atom. The van der Waals surface area contributed by atoms with Crippen molar-refractivity contribution in [2.45, 2.75) is 24.3 Å². The van der Waals surface area contributed by atoms with E-state index < -0.39 is 15.4 Å². The predicted molar refractivity (Wildman–Crippen MR) is 59.8 cm³/mol. The van der Waals surface area contributed by atoms with Crippen LogP contribution in [0, 0.1) is 0 Å². The molecule has 1 rings (SSSR count). The lowest BCUT2D eigenvalue weighted by molar-refractivity contribution is 0.105. The van der Waals surface area contributed by atoms with E-state index in [-0.39, 0.29) is 10.6 Å². The van der Waals surface area contributed by atoms with Gasteiger partial charge in [0.25, 0.3) is 0 Å². The molecule has 0 heterocycles. The quantitative estimate of drug-likeness (QED) is 0.889. The predicted octanol–water partition coefficient (Wildman–Crippen LogP) is 1.88. The molecule has 0 aliphatic heterocycles. The molecule has 1 aromatic carbocycles. The minimum atomic E-state index is -3.47. The van der Waals surface area contributed by atoms with Crippen LogP contribution in [-0.2, 0) is 9.84 Å². The number of hydrogen-bond donors (Lipinski definition) is 1. The molecular formula is C10H13ClO3S. The summed E-state index contributed by atoms with van der Waals surface area (Å²) in [6, 6.07) is 6.01. The van der Waals surface area contributed by atoms with Gasteiger partial charge in [0.05, 0.1) is 16.2 Å². The number of aliphatic hydroxyl groups is 1. The highest BCUT2D eigenvalue weighted by molar-refractivity contribution is 7.91. The second kappa shape index (κ2) is 4.12. The molecule has 1 N–H and O–H groups in total. The zero-order chi connectivity index (χ0) is 11.7. The Hall–Kier alpha value is -0.580. The second-order valence-corrected chi connectivity index (χ2v) is 6.45. The number of hydrogen-bond acceptors (Lipinski definition) is 3. The summed E-state index contributed by atoms with van der Waals surface area (Å²) >= 11 is 5.70. The van der Waals surface area contributed by atoms with Gasteiger partial charge in [0.15, 0.2) is 9.84 Å². The first-order chi connectivity index (χ1) is 6.71. The van der Waals surface area contributed by atoms with E-state index in [0.717, 1.165) is 0 Å². The van der Waals surface area contributed by atoms with Crippen molar-refractivity contribution in [3.63, 3.8) is 0 Å². The van der Waals surface area contributed by atoms with E-state index in [1.807, 2.05) is 0 Å². The zero-order valence-electron chi connectivity index (χ0n) is 8.57. The normalized spacial score (nSPS) is 12.8. The number of rotatable bonds is 3. The maximum Gasteiger partial charge on any atom is 0.181 e. The van der Waals surface area contributed by atoms with Crippen molar-refractivity contribution in [2.75, 3.05) is 5.75 Å². The minimum Gasteiger partial charge on any atom is -0.389 e. The van der Waals surface area contributed by atoms with Crippen molar-refractivity contribution >= 4 is 21.4 Å². The highest BCUT2D eigenvalue weighted by Gasteiger charge is 2.25. The Balaban J connectivity index is 3.07. The highest BCUT2D eigenvalue weighted by Crippen LogP contribution is 2.19. The molecule has 15 heavy (non-hydrogen) atoms. The monoisotopic (exact) mass is 248 g/mol. The minimum absolute atomic E-state index is 0.136. The van der Waals surface area contributed by atoms with Crippen LogP contribution in [0.4, 0.5) is 0 Å². The Kier molecular flexibility index (Phi) is 3.43. The summed E-state index contributed by atoms with van der Waals surface area (Å²) in [7, 11) is -3.47. The van der Waals surface area contributed by atoms with Crippen LogP contribution >= 0.6 is 11.6 Å². The Bertz CT molecular complexity index is 446.